The van der Waals surface area contributed by atoms with Gasteiger partial charge in [-0.05, 0) is 53.1 Å². The van der Waals surface area contributed by atoms with E-state index in [1.807, 2.05) is 0 Å². The van der Waals surface area contributed by atoms with Crippen LogP contribution in [0.4, 0.5) is 0 Å². The highest BCUT2D eigenvalue weighted by atomic mass is 16.5. The van der Waals surface area contributed by atoms with Crippen molar-refractivity contribution in [2.75, 3.05) is 32.8 Å². The Morgan fingerprint density at radius 1 is 1.12 bits per heavy atom. The first-order chi connectivity index (χ1) is 8.18. The Labute approximate surface area is 106 Å². The van der Waals surface area contributed by atoms with Crippen LogP contribution in [0.5, 0.6) is 0 Å². The van der Waals surface area contributed by atoms with E-state index in [2.05, 4.69) is 30.6 Å². The monoisotopic (exact) mass is 240 g/mol. The molecule has 100 valence electrons. The minimum Gasteiger partial charge on any atom is -0.381 e. The molecule has 3 heteroatoms. The van der Waals surface area contributed by atoms with Gasteiger partial charge in [0.15, 0.2) is 0 Å². The van der Waals surface area contributed by atoms with Gasteiger partial charge in [0.25, 0.3) is 0 Å². The Morgan fingerprint density at radius 3 is 2.47 bits per heavy atom. The molecule has 2 aliphatic heterocycles. The minimum atomic E-state index is 0.680. The van der Waals surface area contributed by atoms with Crippen molar-refractivity contribution in [1.82, 2.24) is 9.80 Å². The van der Waals surface area contributed by atoms with Gasteiger partial charge in [-0.25, -0.2) is 0 Å². The highest BCUT2D eigenvalue weighted by molar-refractivity contribution is 4.83. The highest BCUT2D eigenvalue weighted by Crippen LogP contribution is 2.20. The topological polar surface area (TPSA) is 15.7 Å². The zero-order valence-corrected chi connectivity index (χ0v) is 11.7. The molecule has 2 fully saturated rings. The van der Waals surface area contributed by atoms with Crippen LogP contribution >= 0.6 is 0 Å². The van der Waals surface area contributed by atoms with Gasteiger partial charge in [-0.15, -0.1) is 0 Å². The lowest BCUT2D eigenvalue weighted by molar-refractivity contribution is 0.0302. The van der Waals surface area contributed by atoms with E-state index in [-0.39, 0.29) is 0 Å². The molecule has 0 bridgehead atoms. The molecule has 2 rings (SSSR count). The van der Waals surface area contributed by atoms with Crippen LogP contribution in [0.3, 0.4) is 0 Å². The van der Waals surface area contributed by atoms with E-state index in [1.165, 1.54) is 38.9 Å². The van der Waals surface area contributed by atoms with Crippen LogP contribution in [0, 0.1) is 0 Å². The van der Waals surface area contributed by atoms with E-state index in [9.17, 15) is 0 Å². The predicted molar refractivity (Wildman–Crippen MR) is 71.3 cm³/mol. The molecule has 0 spiro atoms. The first-order valence-electron chi connectivity index (χ1n) is 7.26. The van der Waals surface area contributed by atoms with Gasteiger partial charge in [0.1, 0.15) is 0 Å². The standard InChI is InChI=1S/C14H28N2O/c1-12(2)16-8-4-7-15(11-13(16)3)14-5-9-17-10-6-14/h12-14H,4-11H2,1-3H3/t13-/m0/s1. The van der Waals surface area contributed by atoms with Gasteiger partial charge >= 0.3 is 0 Å². The van der Waals surface area contributed by atoms with Crippen LogP contribution in [-0.2, 0) is 4.74 Å². The van der Waals surface area contributed by atoms with E-state index >= 15 is 0 Å². The molecule has 0 radical (unpaired) electrons. The van der Waals surface area contributed by atoms with Crippen LogP contribution in [0.25, 0.3) is 0 Å². The van der Waals surface area contributed by atoms with Gasteiger partial charge in [0.2, 0.25) is 0 Å². The summed E-state index contributed by atoms with van der Waals surface area (Å²) in [5.74, 6) is 0. The maximum atomic E-state index is 5.47. The highest BCUT2D eigenvalue weighted by Gasteiger charge is 2.28. The summed E-state index contributed by atoms with van der Waals surface area (Å²) in [7, 11) is 0. The largest absolute Gasteiger partial charge is 0.381 e. The lowest BCUT2D eigenvalue weighted by atomic mass is 10.1. The van der Waals surface area contributed by atoms with Crippen molar-refractivity contribution in [2.45, 2.75) is 58.2 Å². The Balaban J connectivity index is 1.92. The van der Waals surface area contributed by atoms with Gasteiger partial charge in [-0.3, -0.25) is 9.80 Å². The molecule has 3 nitrogen and oxygen atoms in total. The summed E-state index contributed by atoms with van der Waals surface area (Å²) in [4.78, 5) is 5.37. The molecule has 0 aromatic heterocycles. The molecule has 0 amide bonds. The van der Waals surface area contributed by atoms with Crippen molar-refractivity contribution in [1.29, 1.82) is 0 Å². The molecule has 2 aliphatic rings. The molecular formula is C14H28N2O. The zero-order valence-electron chi connectivity index (χ0n) is 11.7. The molecule has 0 N–H and O–H groups in total. The first kappa shape index (κ1) is 13.3. The quantitative estimate of drug-likeness (QED) is 0.734. The average Bonchev–Trinajstić information content (AvgIpc) is 2.52. The van der Waals surface area contributed by atoms with Gasteiger partial charge in [-0.1, -0.05) is 0 Å². The number of rotatable bonds is 2. The summed E-state index contributed by atoms with van der Waals surface area (Å²) in [6.07, 6.45) is 3.78. The third-order valence-corrected chi connectivity index (χ3v) is 4.30. The summed E-state index contributed by atoms with van der Waals surface area (Å²) in [5, 5.41) is 0. The van der Waals surface area contributed by atoms with Gasteiger partial charge < -0.3 is 4.74 Å². The van der Waals surface area contributed by atoms with Crippen molar-refractivity contribution in [2.24, 2.45) is 0 Å². The summed E-state index contributed by atoms with van der Waals surface area (Å²) >= 11 is 0. The van der Waals surface area contributed by atoms with E-state index in [0.717, 1.165) is 19.3 Å². The maximum Gasteiger partial charge on any atom is 0.0480 e. The molecule has 1 atom stereocenters. The molecule has 0 aromatic rings. The average molecular weight is 240 g/mol. The van der Waals surface area contributed by atoms with Crippen molar-refractivity contribution in [3.63, 3.8) is 0 Å². The van der Waals surface area contributed by atoms with Crippen LogP contribution in [0.2, 0.25) is 0 Å². The number of hydrogen-bond acceptors (Lipinski definition) is 3. The van der Waals surface area contributed by atoms with E-state index in [0.29, 0.717) is 12.1 Å². The Morgan fingerprint density at radius 2 is 1.82 bits per heavy atom. The van der Waals surface area contributed by atoms with E-state index in [4.69, 9.17) is 4.74 Å². The van der Waals surface area contributed by atoms with Gasteiger partial charge in [-0.2, -0.15) is 0 Å². The van der Waals surface area contributed by atoms with Crippen molar-refractivity contribution in [3.05, 3.63) is 0 Å². The molecule has 0 aliphatic carbocycles. The molecule has 17 heavy (non-hydrogen) atoms. The lowest BCUT2D eigenvalue weighted by Crippen LogP contribution is -2.46. The van der Waals surface area contributed by atoms with Gasteiger partial charge in [0.05, 0.1) is 0 Å². The summed E-state index contributed by atoms with van der Waals surface area (Å²) in [6.45, 7) is 12.7. The zero-order chi connectivity index (χ0) is 12.3. The molecule has 0 aromatic carbocycles. The van der Waals surface area contributed by atoms with Crippen LogP contribution < -0.4 is 0 Å². The molecule has 2 heterocycles. The second-order valence-corrected chi connectivity index (χ2v) is 5.87. The SMILES string of the molecule is CC(C)N1CCCN(C2CCOCC2)C[C@@H]1C. The van der Waals surface area contributed by atoms with Crippen LogP contribution in [0.1, 0.15) is 40.0 Å². The van der Waals surface area contributed by atoms with Crippen LogP contribution in [-0.4, -0.2) is 60.8 Å². The third-order valence-electron chi connectivity index (χ3n) is 4.30. The molecular weight excluding hydrogens is 212 g/mol. The lowest BCUT2D eigenvalue weighted by Gasteiger charge is -2.36. The van der Waals surface area contributed by atoms with Crippen molar-refractivity contribution in [3.8, 4) is 0 Å². The molecule has 0 unspecified atom stereocenters. The van der Waals surface area contributed by atoms with E-state index < -0.39 is 0 Å². The fourth-order valence-corrected chi connectivity index (χ4v) is 3.36. The van der Waals surface area contributed by atoms with Crippen molar-refractivity contribution >= 4 is 0 Å². The second-order valence-electron chi connectivity index (χ2n) is 5.87. The van der Waals surface area contributed by atoms with Crippen molar-refractivity contribution < 1.29 is 4.74 Å². The van der Waals surface area contributed by atoms with Crippen LogP contribution in [0.15, 0.2) is 0 Å². The molecule has 0 saturated carbocycles. The number of hydrogen-bond donors (Lipinski definition) is 0. The molecule has 2 saturated heterocycles. The Kier molecular flexibility index (Phi) is 4.83. The minimum absolute atomic E-state index is 0.680. The summed E-state index contributed by atoms with van der Waals surface area (Å²) < 4.78 is 5.47. The van der Waals surface area contributed by atoms with Gasteiger partial charge in [0, 0.05) is 37.9 Å². The summed E-state index contributed by atoms with van der Waals surface area (Å²) in [5.41, 5.74) is 0. The Hall–Kier alpha value is -0.120. The normalized spacial score (nSPS) is 30.7. The summed E-state index contributed by atoms with van der Waals surface area (Å²) in [6, 6.07) is 2.15. The number of ether oxygens (including phenoxy) is 1. The number of nitrogens with zero attached hydrogens (tertiary/aromatic N) is 2. The second kappa shape index (κ2) is 6.17. The predicted octanol–water partition coefficient (Wildman–Crippen LogP) is 1.97. The Bertz CT molecular complexity index is 226. The third kappa shape index (κ3) is 3.43. The van der Waals surface area contributed by atoms with E-state index in [1.54, 1.807) is 0 Å². The smallest absolute Gasteiger partial charge is 0.0480 e. The fourth-order valence-electron chi connectivity index (χ4n) is 3.36. The first-order valence-corrected chi connectivity index (χ1v) is 7.26. The maximum absolute atomic E-state index is 5.47. The fraction of sp³-hybridized carbons (Fsp3) is 1.00.